The summed E-state index contributed by atoms with van der Waals surface area (Å²) in [5.74, 6) is 5.61. The smallest absolute Gasteiger partial charge is 0.410 e. The van der Waals surface area contributed by atoms with Gasteiger partial charge in [-0.15, -0.1) is 0 Å². The van der Waals surface area contributed by atoms with Gasteiger partial charge in [0.15, 0.2) is 0 Å². The van der Waals surface area contributed by atoms with Gasteiger partial charge < -0.3 is 14.2 Å². The van der Waals surface area contributed by atoms with E-state index in [2.05, 4.69) is 15.4 Å². The van der Waals surface area contributed by atoms with E-state index in [4.69, 9.17) is 20.1 Å². The molecular formula is C34H37N9O7. The zero-order valence-corrected chi connectivity index (χ0v) is 27.1. The third kappa shape index (κ3) is 10.6. The van der Waals surface area contributed by atoms with E-state index in [1.165, 1.54) is 46.1 Å². The van der Waals surface area contributed by atoms with Crippen LogP contribution in [0.5, 0.6) is 5.75 Å². The standard InChI is InChI=1S/C16H11N3O4.C14H16N4O2.C4H10N2O/c20-16(23-14-8-6-13(7-9-14)19(21)22)18-10-15(17-11-18)12-4-2-1-3-5-12;19-14(16-18-6-8-20-9-7-18)17-10-13(15-11-17)12-4-2-1-3-5-12;5-6-1-3-7-4-2-6/h1-11H;1-5,10-11H,6-9H2,(H,16,19);1-5H2. The average molecular weight is 684 g/mol. The van der Waals surface area contributed by atoms with E-state index in [-0.39, 0.29) is 17.5 Å². The van der Waals surface area contributed by atoms with Crippen LogP contribution in [0.3, 0.4) is 0 Å². The number of carbonyl (C=O) groups is 2. The van der Waals surface area contributed by atoms with Crippen LogP contribution in [0.15, 0.2) is 110 Å². The third-order valence-electron chi connectivity index (χ3n) is 7.31. The van der Waals surface area contributed by atoms with Gasteiger partial charge in [0.25, 0.3) is 5.69 Å². The average Bonchev–Trinajstić information content (AvgIpc) is 3.86. The monoisotopic (exact) mass is 683 g/mol. The molecule has 3 N–H and O–H groups in total. The fourth-order valence-electron chi connectivity index (χ4n) is 4.61. The molecule has 0 unspecified atom stereocenters. The van der Waals surface area contributed by atoms with Gasteiger partial charge in [-0.2, -0.15) is 0 Å². The SMILES string of the molecule is NN1CCOCC1.O=C(NN1CCOCC1)n1cnc(-c2ccccc2)c1.O=C(Oc1ccc([N+](=O)[O-])cc1)n1cnc(-c2ccccc2)c1. The molecule has 2 saturated heterocycles. The van der Waals surface area contributed by atoms with E-state index in [0.29, 0.717) is 32.0 Å². The highest BCUT2D eigenvalue weighted by Crippen LogP contribution is 2.20. The third-order valence-corrected chi connectivity index (χ3v) is 7.31. The van der Waals surface area contributed by atoms with Crippen LogP contribution >= 0.6 is 0 Å². The van der Waals surface area contributed by atoms with Crippen LogP contribution in [-0.4, -0.2) is 98.8 Å². The number of aromatic nitrogens is 4. The zero-order valence-electron chi connectivity index (χ0n) is 27.1. The van der Waals surface area contributed by atoms with E-state index in [9.17, 15) is 19.7 Å². The van der Waals surface area contributed by atoms with Crippen LogP contribution in [0.1, 0.15) is 0 Å². The number of nitrogens with two attached hydrogens (primary N) is 1. The first-order valence-corrected chi connectivity index (χ1v) is 15.7. The highest BCUT2D eigenvalue weighted by atomic mass is 16.6. The number of nitrogens with zero attached hydrogens (tertiary/aromatic N) is 7. The number of morpholine rings is 2. The molecule has 2 aromatic heterocycles. The summed E-state index contributed by atoms with van der Waals surface area (Å²) in [4.78, 5) is 42.6. The fourth-order valence-corrected chi connectivity index (χ4v) is 4.61. The summed E-state index contributed by atoms with van der Waals surface area (Å²) in [6, 6.07) is 24.3. The highest BCUT2D eigenvalue weighted by molar-refractivity contribution is 5.77. The van der Waals surface area contributed by atoms with E-state index in [0.717, 1.165) is 43.1 Å². The quantitative estimate of drug-likeness (QED) is 0.154. The number of rotatable bonds is 5. The van der Waals surface area contributed by atoms with Crippen LogP contribution in [0.4, 0.5) is 15.3 Å². The number of non-ortho nitro benzene ring substituents is 1. The number of hydrazine groups is 2. The van der Waals surface area contributed by atoms with Crippen molar-refractivity contribution in [1.29, 1.82) is 0 Å². The minimum Gasteiger partial charge on any atom is -0.410 e. The van der Waals surface area contributed by atoms with Crippen LogP contribution in [0, 0.1) is 10.1 Å². The number of nitro groups is 1. The maximum absolute atomic E-state index is 12.1. The molecule has 2 aliphatic heterocycles. The van der Waals surface area contributed by atoms with Gasteiger partial charge in [0.05, 0.1) is 42.7 Å². The molecule has 4 heterocycles. The van der Waals surface area contributed by atoms with Crippen LogP contribution < -0.4 is 16.0 Å². The first-order chi connectivity index (χ1) is 24.4. The molecule has 7 rings (SSSR count). The Morgan fingerprint density at radius 2 is 1.24 bits per heavy atom. The predicted molar refractivity (Wildman–Crippen MR) is 183 cm³/mol. The number of carbonyl (C=O) groups excluding carboxylic acids is 2. The Hall–Kier alpha value is -5.78. The largest absolute Gasteiger partial charge is 0.424 e. The maximum Gasteiger partial charge on any atom is 0.424 e. The number of hydrogen-bond donors (Lipinski definition) is 2. The topological polar surface area (TPSA) is 185 Å². The Kier molecular flexibility index (Phi) is 12.9. The summed E-state index contributed by atoms with van der Waals surface area (Å²) in [7, 11) is 0. The van der Waals surface area contributed by atoms with Crippen LogP contribution in [-0.2, 0) is 9.47 Å². The van der Waals surface area contributed by atoms with Gasteiger partial charge >= 0.3 is 12.1 Å². The number of nitrogens with one attached hydrogen (secondary N) is 1. The summed E-state index contributed by atoms with van der Waals surface area (Å²) in [5.41, 5.74) is 6.07. The minimum absolute atomic E-state index is 0.0706. The molecular weight excluding hydrogens is 646 g/mol. The van der Waals surface area contributed by atoms with Crippen molar-refractivity contribution in [3.05, 3.63) is 120 Å². The molecule has 16 heteroatoms. The van der Waals surface area contributed by atoms with Crippen molar-refractivity contribution < 1.29 is 28.7 Å². The number of hydrogen-bond acceptors (Lipinski definition) is 12. The molecule has 5 aromatic rings. The Morgan fingerprint density at radius 3 is 1.74 bits per heavy atom. The van der Waals surface area contributed by atoms with Crippen molar-refractivity contribution in [2.45, 2.75) is 0 Å². The van der Waals surface area contributed by atoms with Crippen molar-refractivity contribution in [1.82, 2.24) is 34.5 Å². The highest BCUT2D eigenvalue weighted by Gasteiger charge is 2.15. The first kappa shape index (κ1) is 35.5. The van der Waals surface area contributed by atoms with Crippen molar-refractivity contribution >= 4 is 17.8 Å². The summed E-state index contributed by atoms with van der Waals surface area (Å²) in [6.07, 6.45) is 5.52. The second kappa shape index (κ2) is 18.1. The Labute approximate surface area is 287 Å². The van der Waals surface area contributed by atoms with E-state index >= 15 is 0 Å². The number of benzene rings is 3. The number of amides is 1. The molecule has 0 bridgehead atoms. The van der Waals surface area contributed by atoms with Gasteiger partial charge in [0.2, 0.25) is 0 Å². The second-order valence-corrected chi connectivity index (χ2v) is 10.8. The summed E-state index contributed by atoms with van der Waals surface area (Å²) >= 11 is 0. The molecule has 2 aliphatic rings. The number of imidazole rings is 2. The fraction of sp³-hybridized carbons (Fsp3) is 0.235. The van der Waals surface area contributed by atoms with Gasteiger partial charge in [-0.3, -0.25) is 25.9 Å². The second-order valence-electron chi connectivity index (χ2n) is 10.8. The Bertz CT molecular complexity index is 1800. The molecule has 0 atom stereocenters. The van der Waals surface area contributed by atoms with Gasteiger partial charge in [-0.1, -0.05) is 60.7 Å². The molecule has 50 heavy (non-hydrogen) atoms. The van der Waals surface area contributed by atoms with Crippen LogP contribution in [0.25, 0.3) is 22.5 Å². The Morgan fingerprint density at radius 1 is 0.740 bits per heavy atom. The van der Waals surface area contributed by atoms with Crippen molar-refractivity contribution in [2.75, 3.05) is 52.6 Å². The number of ether oxygens (including phenoxy) is 3. The van der Waals surface area contributed by atoms with Crippen LogP contribution in [0.2, 0.25) is 0 Å². The normalized spacial score (nSPS) is 14.7. The lowest BCUT2D eigenvalue weighted by atomic mass is 10.2. The first-order valence-electron chi connectivity index (χ1n) is 15.7. The molecule has 3 aromatic carbocycles. The molecule has 260 valence electrons. The molecule has 2 fully saturated rings. The molecule has 16 nitrogen and oxygen atoms in total. The minimum atomic E-state index is -0.645. The van der Waals surface area contributed by atoms with E-state index < -0.39 is 11.0 Å². The summed E-state index contributed by atoms with van der Waals surface area (Å²) < 4.78 is 18.1. The van der Waals surface area contributed by atoms with E-state index in [1.54, 1.807) is 17.4 Å². The van der Waals surface area contributed by atoms with Gasteiger partial charge in [-0.05, 0) is 12.1 Å². The predicted octanol–water partition coefficient (Wildman–Crippen LogP) is 4.05. The molecule has 0 aliphatic carbocycles. The lowest BCUT2D eigenvalue weighted by Gasteiger charge is -2.26. The Balaban J connectivity index is 0.000000164. The lowest BCUT2D eigenvalue weighted by Crippen LogP contribution is -2.49. The molecule has 0 radical (unpaired) electrons. The summed E-state index contributed by atoms with van der Waals surface area (Å²) in [6.45, 7) is 6.00. The van der Waals surface area contributed by atoms with Gasteiger partial charge in [-0.25, -0.2) is 34.1 Å². The zero-order chi connectivity index (χ0) is 35.1. The van der Waals surface area contributed by atoms with Crippen molar-refractivity contribution in [3.63, 3.8) is 0 Å². The maximum atomic E-state index is 12.1. The summed E-state index contributed by atoms with van der Waals surface area (Å²) in [5, 5.41) is 14.2. The van der Waals surface area contributed by atoms with E-state index in [1.807, 2.05) is 65.7 Å². The lowest BCUT2D eigenvalue weighted by molar-refractivity contribution is -0.384. The molecule has 0 saturated carbocycles. The number of nitro benzene ring substituents is 1. The van der Waals surface area contributed by atoms with Gasteiger partial charge in [0.1, 0.15) is 18.4 Å². The molecule has 0 spiro atoms. The molecule has 1 amide bonds. The van der Waals surface area contributed by atoms with Crippen molar-refractivity contribution in [2.24, 2.45) is 5.84 Å². The van der Waals surface area contributed by atoms with Gasteiger partial charge in [0, 0.05) is 61.8 Å². The van der Waals surface area contributed by atoms with Crippen molar-refractivity contribution in [3.8, 4) is 28.3 Å².